The molecule has 5 aliphatic heterocycles. The largest absolute Gasteiger partial charge is 0.387 e. The standard InChI is InChI=1S/C32H45NO6/c1-20-31(35)12-10-25-23-9-11-30(34)19-32(38-15-13-36-20)27(37-14-16-39-32)17-26(30)28(23)24(18-29(25,31)2)21-5-7-22(8-6-21)33(3)4/h5-8,20,23-25,27,34-35H,9-19H2,1-4H3/t20?,23-,24+,25+,27?,29-,30-,31+,32?/m0/s1. The van der Waals surface area contributed by atoms with Gasteiger partial charge in [-0.1, -0.05) is 24.6 Å². The van der Waals surface area contributed by atoms with Crippen LogP contribution in [0.1, 0.15) is 70.3 Å². The van der Waals surface area contributed by atoms with Gasteiger partial charge in [0.2, 0.25) is 0 Å². The lowest BCUT2D eigenvalue weighted by atomic mass is 9.49. The van der Waals surface area contributed by atoms with Gasteiger partial charge in [-0.3, -0.25) is 0 Å². The SMILES string of the molecule is CC1OCCOC23C[C@@]4(O)CC[C@@H]5C(=C4CC2OCCO3)[C@@H](c2ccc(N(C)C)cc2)C[C@@]2(C)[C@@H]5CC[C@@]12O. The molecule has 5 fully saturated rings. The predicted molar refractivity (Wildman–Crippen MR) is 148 cm³/mol. The van der Waals surface area contributed by atoms with Crippen molar-refractivity contribution >= 4 is 5.69 Å². The molecule has 214 valence electrons. The highest BCUT2D eigenvalue weighted by Gasteiger charge is 2.67. The number of ether oxygens (including phenoxy) is 4. The van der Waals surface area contributed by atoms with Crippen molar-refractivity contribution in [3.63, 3.8) is 0 Å². The van der Waals surface area contributed by atoms with Crippen LogP contribution < -0.4 is 4.90 Å². The number of fused-ring (bicyclic) bond motifs is 1. The first-order chi connectivity index (χ1) is 18.6. The van der Waals surface area contributed by atoms with E-state index in [1.54, 1.807) is 0 Å². The Bertz CT molecular complexity index is 1150. The van der Waals surface area contributed by atoms with Gasteiger partial charge in [0, 0.05) is 44.0 Å². The van der Waals surface area contributed by atoms with Crippen LogP contribution in [0.5, 0.6) is 0 Å². The number of anilines is 1. The van der Waals surface area contributed by atoms with E-state index < -0.39 is 17.0 Å². The van der Waals surface area contributed by atoms with Crippen LogP contribution in [-0.2, 0) is 18.9 Å². The molecule has 39 heavy (non-hydrogen) atoms. The number of nitrogens with zero attached hydrogens (tertiary/aromatic N) is 1. The van der Waals surface area contributed by atoms with Crippen LogP contribution in [-0.4, -0.2) is 79.9 Å². The van der Waals surface area contributed by atoms with Gasteiger partial charge in [0.1, 0.15) is 6.10 Å². The highest BCUT2D eigenvalue weighted by Crippen LogP contribution is 2.68. The molecule has 3 unspecified atom stereocenters. The van der Waals surface area contributed by atoms with Gasteiger partial charge in [0.15, 0.2) is 5.79 Å². The van der Waals surface area contributed by atoms with E-state index in [0.717, 1.165) is 31.3 Å². The quantitative estimate of drug-likeness (QED) is 0.546. The topological polar surface area (TPSA) is 80.6 Å². The number of rotatable bonds is 2. The van der Waals surface area contributed by atoms with Gasteiger partial charge < -0.3 is 34.1 Å². The van der Waals surface area contributed by atoms with Crippen molar-refractivity contribution in [2.24, 2.45) is 17.3 Å². The van der Waals surface area contributed by atoms with Crippen molar-refractivity contribution in [2.45, 2.75) is 93.9 Å². The van der Waals surface area contributed by atoms with Crippen LogP contribution in [0.25, 0.3) is 0 Å². The van der Waals surface area contributed by atoms with Gasteiger partial charge >= 0.3 is 0 Å². The Morgan fingerprint density at radius 2 is 1.64 bits per heavy atom. The smallest absolute Gasteiger partial charge is 0.198 e. The first-order valence-corrected chi connectivity index (χ1v) is 15.1. The van der Waals surface area contributed by atoms with E-state index >= 15 is 0 Å². The average molecular weight is 540 g/mol. The van der Waals surface area contributed by atoms with Gasteiger partial charge in [-0.05, 0) is 74.1 Å². The van der Waals surface area contributed by atoms with E-state index in [2.05, 4.69) is 50.2 Å². The first kappa shape index (κ1) is 26.4. The van der Waals surface area contributed by atoms with E-state index in [0.29, 0.717) is 57.5 Å². The normalized spacial score (nSPS) is 47.3. The van der Waals surface area contributed by atoms with Crippen LogP contribution in [0.4, 0.5) is 5.69 Å². The zero-order valence-electron chi connectivity index (χ0n) is 23.9. The fraction of sp³-hybridized carbons (Fsp3) is 0.750. The van der Waals surface area contributed by atoms with Gasteiger partial charge in [-0.15, -0.1) is 0 Å². The van der Waals surface area contributed by atoms with Crippen molar-refractivity contribution in [1.29, 1.82) is 0 Å². The summed E-state index contributed by atoms with van der Waals surface area (Å²) in [5.74, 6) is -0.179. The van der Waals surface area contributed by atoms with Gasteiger partial charge in [-0.25, -0.2) is 0 Å². The molecule has 1 spiro atoms. The monoisotopic (exact) mass is 539 g/mol. The molecule has 7 nitrogen and oxygen atoms in total. The van der Waals surface area contributed by atoms with E-state index in [1.807, 2.05) is 6.92 Å². The highest BCUT2D eigenvalue weighted by molar-refractivity contribution is 5.50. The van der Waals surface area contributed by atoms with E-state index in [-0.39, 0.29) is 23.5 Å². The van der Waals surface area contributed by atoms with E-state index in [1.165, 1.54) is 16.8 Å². The summed E-state index contributed by atoms with van der Waals surface area (Å²) in [6, 6.07) is 8.91. The van der Waals surface area contributed by atoms with Crippen molar-refractivity contribution < 1.29 is 29.2 Å². The molecule has 1 aromatic carbocycles. The molecule has 5 heterocycles. The fourth-order valence-corrected chi connectivity index (χ4v) is 9.72. The summed E-state index contributed by atoms with van der Waals surface area (Å²) in [6.45, 7) is 6.07. The Balaban J connectivity index is 1.43. The second-order valence-electron chi connectivity index (χ2n) is 13.6. The Hall–Kier alpha value is -1.48. The number of allylic oxidation sites excluding steroid dienone is 1. The molecular weight excluding hydrogens is 494 g/mol. The molecule has 10 rings (SSSR count). The third-order valence-corrected chi connectivity index (χ3v) is 11.8. The minimum Gasteiger partial charge on any atom is -0.387 e. The maximum atomic E-state index is 12.4. The lowest BCUT2D eigenvalue weighted by Crippen LogP contribution is -2.64. The van der Waals surface area contributed by atoms with E-state index in [4.69, 9.17) is 18.9 Å². The molecule has 2 saturated heterocycles. The third-order valence-electron chi connectivity index (χ3n) is 11.8. The molecule has 1 aromatic rings. The maximum absolute atomic E-state index is 12.4. The number of aliphatic hydroxyl groups is 2. The molecule has 9 aliphatic rings. The summed E-state index contributed by atoms with van der Waals surface area (Å²) in [5, 5.41) is 24.9. The van der Waals surface area contributed by atoms with Crippen LogP contribution in [0.15, 0.2) is 35.4 Å². The average Bonchev–Trinajstić information content (AvgIpc) is 3.19. The summed E-state index contributed by atoms with van der Waals surface area (Å²) < 4.78 is 25.5. The molecule has 2 N–H and O–H groups in total. The van der Waals surface area contributed by atoms with Gasteiger partial charge in [0.25, 0.3) is 0 Å². The van der Waals surface area contributed by atoms with Crippen LogP contribution in [0.3, 0.4) is 0 Å². The Labute approximate surface area is 232 Å². The summed E-state index contributed by atoms with van der Waals surface area (Å²) in [7, 11) is 4.13. The molecule has 4 aliphatic carbocycles. The zero-order valence-corrected chi connectivity index (χ0v) is 23.9. The summed E-state index contributed by atoms with van der Waals surface area (Å²) >= 11 is 0. The zero-order chi connectivity index (χ0) is 27.2. The molecule has 3 saturated carbocycles. The van der Waals surface area contributed by atoms with Crippen molar-refractivity contribution in [3.8, 4) is 0 Å². The highest BCUT2D eigenvalue weighted by atomic mass is 16.7. The lowest BCUT2D eigenvalue weighted by Gasteiger charge is -2.60. The minimum absolute atomic E-state index is 0.118. The third kappa shape index (κ3) is 3.70. The number of hydrogen-bond acceptors (Lipinski definition) is 7. The molecule has 0 aromatic heterocycles. The van der Waals surface area contributed by atoms with Crippen LogP contribution in [0, 0.1) is 17.3 Å². The predicted octanol–water partition coefficient (Wildman–Crippen LogP) is 4.17. The molecular formula is C32H45NO6. The minimum atomic E-state index is -0.980. The fourth-order valence-electron chi connectivity index (χ4n) is 9.72. The number of benzene rings is 1. The van der Waals surface area contributed by atoms with Crippen molar-refractivity contribution in [1.82, 2.24) is 0 Å². The number of hydrogen-bond donors (Lipinski definition) is 2. The summed E-state index contributed by atoms with van der Waals surface area (Å²) in [5.41, 5.74) is 2.80. The first-order valence-electron chi connectivity index (χ1n) is 15.1. The molecule has 0 amide bonds. The van der Waals surface area contributed by atoms with Crippen molar-refractivity contribution in [3.05, 3.63) is 41.0 Å². The second kappa shape index (κ2) is 9.01. The van der Waals surface area contributed by atoms with Gasteiger partial charge in [0.05, 0.1) is 43.7 Å². The lowest BCUT2D eigenvalue weighted by molar-refractivity contribution is -0.350. The van der Waals surface area contributed by atoms with Crippen molar-refractivity contribution in [2.75, 3.05) is 45.4 Å². The van der Waals surface area contributed by atoms with Crippen LogP contribution >= 0.6 is 0 Å². The van der Waals surface area contributed by atoms with Gasteiger partial charge in [-0.2, -0.15) is 0 Å². The Kier molecular flexibility index (Phi) is 6.10. The molecule has 7 heteroatoms. The Morgan fingerprint density at radius 3 is 2.36 bits per heavy atom. The second-order valence-corrected chi connectivity index (χ2v) is 13.6. The van der Waals surface area contributed by atoms with E-state index in [9.17, 15) is 10.2 Å². The molecule has 0 radical (unpaired) electrons. The molecule has 9 atom stereocenters. The maximum Gasteiger partial charge on any atom is 0.198 e. The summed E-state index contributed by atoms with van der Waals surface area (Å²) in [4.78, 5) is 2.13. The summed E-state index contributed by atoms with van der Waals surface area (Å²) in [6.07, 6.45) is 4.64. The van der Waals surface area contributed by atoms with Crippen LogP contribution in [0.2, 0.25) is 0 Å². The Morgan fingerprint density at radius 1 is 0.923 bits per heavy atom. The molecule has 8 bridgehead atoms.